The van der Waals surface area contributed by atoms with Crippen LogP contribution in [0.15, 0.2) is 36.4 Å². The van der Waals surface area contributed by atoms with E-state index in [4.69, 9.17) is 18.0 Å². The summed E-state index contributed by atoms with van der Waals surface area (Å²) in [7, 11) is -3.13. The van der Waals surface area contributed by atoms with Crippen LogP contribution in [0.4, 0.5) is 0 Å². The number of hydrogen-bond donors (Lipinski definition) is 1. The van der Waals surface area contributed by atoms with E-state index < -0.39 is 9.84 Å². The van der Waals surface area contributed by atoms with E-state index in [1.54, 1.807) is 31.2 Å². The molecule has 0 saturated carbocycles. The monoisotopic (exact) mass is 269 g/mol. The topological polar surface area (TPSA) is 60.2 Å². The number of nitrogens with two attached hydrogens (primary N) is 1. The molecule has 0 aliphatic rings. The van der Waals surface area contributed by atoms with Crippen molar-refractivity contribution in [1.29, 1.82) is 0 Å². The van der Waals surface area contributed by atoms with Crippen molar-refractivity contribution >= 4 is 27.0 Å². The van der Waals surface area contributed by atoms with Crippen molar-refractivity contribution in [2.24, 2.45) is 5.73 Å². The number of rotatable bonds is 5. The fourth-order valence-electron chi connectivity index (χ4n) is 1.45. The minimum absolute atomic E-state index is 0.0114. The zero-order chi connectivity index (χ0) is 13.1. The van der Waals surface area contributed by atoms with Gasteiger partial charge in [0.1, 0.15) is 4.99 Å². The first kappa shape index (κ1) is 13.9. The largest absolute Gasteiger partial charge is 0.389 e. The van der Waals surface area contributed by atoms with Crippen LogP contribution in [0.3, 0.4) is 0 Å². The fourth-order valence-corrected chi connectivity index (χ4v) is 3.13. The first-order chi connectivity index (χ1) is 7.80. The van der Waals surface area contributed by atoms with Crippen LogP contribution in [-0.2, 0) is 15.6 Å². The first-order valence-corrected chi connectivity index (χ1v) is 7.27. The minimum Gasteiger partial charge on any atom is -0.389 e. The van der Waals surface area contributed by atoms with Gasteiger partial charge in [0.2, 0.25) is 0 Å². The highest BCUT2D eigenvalue weighted by molar-refractivity contribution is 7.90. The Balaban J connectivity index is 2.82. The second-order valence-electron chi connectivity index (χ2n) is 4.05. The summed E-state index contributed by atoms with van der Waals surface area (Å²) in [5, 5.41) is 0. The molecular formula is C12H15NO2S2. The molecule has 0 amide bonds. The van der Waals surface area contributed by atoms with E-state index in [1.165, 1.54) is 0 Å². The molecule has 0 bridgehead atoms. The van der Waals surface area contributed by atoms with E-state index >= 15 is 0 Å². The summed E-state index contributed by atoms with van der Waals surface area (Å²) < 4.78 is 23.4. The van der Waals surface area contributed by atoms with Crippen molar-refractivity contribution in [3.05, 3.63) is 47.5 Å². The zero-order valence-corrected chi connectivity index (χ0v) is 11.3. The van der Waals surface area contributed by atoms with E-state index in [0.717, 1.165) is 11.1 Å². The maximum absolute atomic E-state index is 11.7. The second-order valence-corrected chi connectivity index (χ2v) is 6.55. The molecule has 0 aromatic heterocycles. The highest BCUT2D eigenvalue weighted by Crippen LogP contribution is 2.10. The average Bonchev–Trinajstić information content (AvgIpc) is 2.15. The Morgan fingerprint density at radius 2 is 1.88 bits per heavy atom. The lowest BCUT2D eigenvalue weighted by atomic mass is 10.1. The molecule has 0 fully saturated rings. The third-order valence-electron chi connectivity index (χ3n) is 2.09. The normalized spacial score (nSPS) is 11.1. The predicted octanol–water partition coefficient (Wildman–Crippen LogP) is 1.81. The van der Waals surface area contributed by atoms with Crippen LogP contribution in [0.1, 0.15) is 18.1 Å². The molecule has 0 spiro atoms. The summed E-state index contributed by atoms with van der Waals surface area (Å²) in [6, 6.07) is 6.91. The van der Waals surface area contributed by atoms with E-state index in [2.05, 4.69) is 6.58 Å². The summed E-state index contributed by atoms with van der Waals surface area (Å²) in [5.41, 5.74) is 7.57. The van der Waals surface area contributed by atoms with Gasteiger partial charge in [-0.15, -0.1) is 0 Å². The summed E-state index contributed by atoms with van der Waals surface area (Å²) in [6.07, 6.45) is 0. The van der Waals surface area contributed by atoms with Gasteiger partial charge in [-0.05, 0) is 12.5 Å². The van der Waals surface area contributed by atoms with Gasteiger partial charge >= 0.3 is 0 Å². The van der Waals surface area contributed by atoms with Crippen LogP contribution in [-0.4, -0.2) is 19.2 Å². The minimum atomic E-state index is -3.13. The molecule has 0 atom stereocenters. The first-order valence-electron chi connectivity index (χ1n) is 5.04. The Kier molecular flexibility index (Phi) is 4.42. The smallest absolute Gasteiger partial charge is 0.158 e. The molecule has 3 nitrogen and oxygen atoms in total. The number of thiocarbonyl (C=S) groups is 1. The lowest BCUT2D eigenvalue weighted by Gasteiger charge is -2.05. The van der Waals surface area contributed by atoms with E-state index in [9.17, 15) is 8.42 Å². The highest BCUT2D eigenvalue weighted by atomic mass is 32.2. The molecule has 0 radical (unpaired) electrons. The van der Waals surface area contributed by atoms with Crippen LogP contribution in [0.5, 0.6) is 0 Å². The Morgan fingerprint density at radius 1 is 1.35 bits per heavy atom. The van der Waals surface area contributed by atoms with Gasteiger partial charge < -0.3 is 5.73 Å². The standard InChI is InChI=1S/C12H15NO2S2/c1-9(2)7-17(14,15)8-10-3-5-11(6-4-10)12(13)16/h3-6H,1,7-8H2,2H3,(H2,13,16). The fraction of sp³-hybridized carbons (Fsp3) is 0.250. The van der Waals surface area contributed by atoms with Crippen molar-refractivity contribution in [2.45, 2.75) is 12.7 Å². The van der Waals surface area contributed by atoms with Crippen molar-refractivity contribution in [1.82, 2.24) is 0 Å². The van der Waals surface area contributed by atoms with Gasteiger partial charge in [0.05, 0.1) is 11.5 Å². The Hall–Kier alpha value is -1.20. The Bertz CT molecular complexity index is 530. The molecule has 1 rings (SSSR count). The summed E-state index contributed by atoms with van der Waals surface area (Å²) in [5.74, 6) is 0.0293. The number of benzene rings is 1. The van der Waals surface area contributed by atoms with Gasteiger partial charge in [-0.1, -0.05) is 48.6 Å². The lowest BCUT2D eigenvalue weighted by molar-refractivity contribution is 0.597. The second kappa shape index (κ2) is 5.42. The molecule has 1 aromatic rings. The molecule has 92 valence electrons. The van der Waals surface area contributed by atoms with Crippen LogP contribution in [0.2, 0.25) is 0 Å². The van der Waals surface area contributed by atoms with Crippen molar-refractivity contribution < 1.29 is 8.42 Å². The number of hydrogen-bond acceptors (Lipinski definition) is 3. The maximum atomic E-state index is 11.7. The van der Waals surface area contributed by atoms with Gasteiger partial charge in [-0.25, -0.2) is 8.42 Å². The van der Waals surface area contributed by atoms with E-state index in [1.807, 2.05) is 0 Å². The van der Waals surface area contributed by atoms with E-state index in [0.29, 0.717) is 10.6 Å². The SMILES string of the molecule is C=C(C)CS(=O)(=O)Cc1ccc(C(N)=S)cc1. The van der Waals surface area contributed by atoms with Gasteiger partial charge in [0.15, 0.2) is 9.84 Å². The Morgan fingerprint density at radius 3 is 2.29 bits per heavy atom. The lowest BCUT2D eigenvalue weighted by Crippen LogP contribution is -2.11. The summed E-state index contributed by atoms with van der Waals surface area (Å²) >= 11 is 4.82. The molecule has 17 heavy (non-hydrogen) atoms. The van der Waals surface area contributed by atoms with Crippen LogP contribution in [0, 0.1) is 0 Å². The van der Waals surface area contributed by atoms with Crippen LogP contribution >= 0.6 is 12.2 Å². The molecule has 1 aromatic carbocycles. The van der Waals surface area contributed by atoms with E-state index in [-0.39, 0.29) is 11.5 Å². The van der Waals surface area contributed by atoms with Gasteiger partial charge in [-0.2, -0.15) is 0 Å². The molecule has 0 aliphatic carbocycles. The maximum Gasteiger partial charge on any atom is 0.158 e. The Labute approximate surface area is 107 Å². The van der Waals surface area contributed by atoms with Crippen LogP contribution in [0.25, 0.3) is 0 Å². The highest BCUT2D eigenvalue weighted by Gasteiger charge is 2.12. The zero-order valence-electron chi connectivity index (χ0n) is 9.64. The molecule has 0 saturated heterocycles. The van der Waals surface area contributed by atoms with Crippen molar-refractivity contribution in [3.63, 3.8) is 0 Å². The number of sulfone groups is 1. The molecule has 0 heterocycles. The van der Waals surface area contributed by atoms with Gasteiger partial charge in [0.25, 0.3) is 0 Å². The average molecular weight is 269 g/mol. The van der Waals surface area contributed by atoms with Crippen molar-refractivity contribution in [3.8, 4) is 0 Å². The van der Waals surface area contributed by atoms with Gasteiger partial charge in [0, 0.05) is 5.56 Å². The molecule has 2 N–H and O–H groups in total. The third-order valence-corrected chi connectivity index (χ3v) is 4.03. The molecular weight excluding hydrogens is 254 g/mol. The summed E-state index contributed by atoms with van der Waals surface area (Å²) in [6.45, 7) is 5.31. The molecule has 0 unspecified atom stereocenters. The predicted molar refractivity (Wildman–Crippen MR) is 74.6 cm³/mol. The molecule has 0 aliphatic heterocycles. The quantitative estimate of drug-likeness (QED) is 0.654. The molecule has 5 heteroatoms. The summed E-state index contributed by atoms with van der Waals surface area (Å²) in [4.78, 5) is 0.307. The van der Waals surface area contributed by atoms with Crippen LogP contribution < -0.4 is 5.73 Å². The third kappa shape index (κ3) is 4.66. The van der Waals surface area contributed by atoms with Crippen molar-refractivity contribution in [2.75, 3.05) is 5.75 Å². The van der Waals surface area contributed by atoms with Gasteiger partial charge in [-0.3, -0.25) is 0 Å².